The highest BCUT2D eigenvalue weighted by atomic mass is 16.3. The number of hydrogen-bond acceptors (Lipinski definition) is 3. The predicted octanol–water partition coefficient (Wildman–Crippen LogP) is 0.121. The number of amides is 1. The number of carbonyl (C=O) groups is 1. The molecule has 0 aromatic heterocycles. The number of hydrogen-bond donors (Lipinski definition) is 2. The van der Waals surface area contributed by atoms with Gasteiger partial charge in [0.05, 0.1) is 6.04 Å². The van der Waals surface area contributed by atoms with E-state index in [0.717, 1.165) is 0 Å². The van der Waals surface area contributed by atoms with Crippen molar-refractivity contribution in [3.8, 4) is 0 Å². The maximum absolute atomic E-state index is 11.6. The van der Waals surface area contributed by atoms with Crippen molar-refractivity contribution in [3.05, 3.63) is 12.7 Å². The molecule has 1 amide bonds. The molecule has 0 radical (unpaired) electrons. The number of aliphatic hydroxyl groups is 1. The van der Waals surface area contributed by atoms with Crippen LogP contribution in [0.4, 0.5) is 0 Å². The quantitative estimate of drug-likeness (QED) is 0.574. The van der Waals surface area contributed by atoms with Crippen LogP contribution in [0.1, 0.15) is 19.8 Å². The molecule has 0 aliphatic rings. The Kier molecular flexibility index (Phi) is 7.06. The van der Waals surface area contributed by atoms with Crippen molar-refractivity contribution < 1.29 is 9.90 Å². The van der Waals surface area contributed by atoms with Crippen molar-refractivity contribution in [2.45, 2.75) is 25.8 Å². The summed E-state index contributed by atoms with van der Waals surface area (Å²) in [5.74, 6) is -0.0687. The summed E-state index contributed by atoms with van der Waals surface area (Å²) in [4.78, 5) is 13.3. The van der Waals surface area contributed by atoms with Gasteiger partial charge in [-0.05, 0) is 19.8 Å². The van der Waals surface area contributed by atoms with E-state index >= 15 is 0 Å². The van der Waals surface area contributed by atoms with Gasteiger partial charge in [-0.3, -0.25) is 4.79 Å². The predicted molar refractivity (Wildman–Crippen MR) is 56.7 cm³/mol. The monoisotopic (exact) mass is 200 g/mol. The first kappa shape index (κ1) is 13.1. The Morgan fingerprint density at radius 1 is 1.71 bits per heavy atom. The van der Waals surface area contributed by atoms with Gasteiger partial charge in [-0.15, -0.1) is 6.58 Å². The lowest BCUT2D eigenvalue weighted by Gasteiger charge is -2.23. The van der Waals surface area contributed by atoms with E-state index in [9.17, 15) is 4.79 Å². The van der Waals surface area contributed by atoms with Gasteiger partial charge < -0.3 is 15.7 Å². The summed E-state index contributed by atoms with van der Waals surface area (Å²) in [6.07, 6.45) is 2.73. The number of nitrogens with two attached hydrogens (primary N) is 1. The van der Waals surface area contributed by atoms with Crippen LogP contribution in [0.2, 0.25) is 0 Å². The summed E-state index contributed by atoms with van der Waals surface area (Å²) < 4.78 is 0. The molecule has 0 rings (SSSR count). The van der Waals surface area contributed by atoms with E-state index in [1.54, 1.807) is 11.0 Å². The van der Waals surface area contributed by atoms with Crippen LogP contribution in [0.3, 0.4) is 0 Å². The molecule has 0 heterocycles. The fraction of sp³-hybridized carbons (Fsp3) is 0.700. The molecule has 0 aliphatic heterocycles. The molecule has 0 aromatic rings. The van der Waals surface area contributed by atoms with Crippen molar-refractivity contribution in [1.29, 1.82) is 0 Å². The average molecular weight is 200 g/mol. The summed E-state index contributed by atoms with van der Waals surface area (Å²) >= 11 is 0. The smallest absolute Gasteiger partial charge is 0.239 e. The molecule has 0 aliphatic carbocycles. The summed E-state index contributed by atoms with van der Waals surface area (Å²) in [5, 5.41) is 8.65. The molecule has 1 atom stereocenters. The van der Waals surface area contributed by atoms with Gasteiger partial charge >= 0.3 is 0 Å². The van der Waals surface area contributed by atoms with Crippen molar-refractivity contribution in [2.24, 2.45) is 5.73 Å². The van der Waals surface area contributed by atoms with Gasteiger partial charge in [0, 0.05) is 19.7 Å². The van der Waals surface area contributed by atoms with Gasteiger partial charge in [0.2, 0.25) is 5.91 Å². The normalized spacial score (nSPS) is 12.2. The summed E-state index contributed by atoms with van der Waals surface area (Å²) in [5.41, 5.74) is 5.65. The average Bonchev–Trinajstić information content (AvgIpc) is 2.19. The second kappa shape index (κ2) is 7.53. The molecule has 0 saturated carbocycles. The van der Waals surface area contributed by atoms with Crippen molar-refractivity contribution in [2.75, 3.05) is 19.7 Å². The molecule has 0 bridgehead atoms. The molecule has 4 heteroatoms. The molecule has 14 heavy (non-hydrogen) atoms. The number of rotatable bonds is 7. The number of likely N-dealkylation sites (N-methyl/N-ethyl adjacent to an activating group) is 1. The first-order valence-corrected chi connectivity index (χ1v) is 4.93. The van der Waals surface area contributed by atoms with Crippen molar-refractivity contribution in [3.63, 3.8) is 0 Å². The van der Waals surface area contributed by atoms with E-state index in [1.165, 1.54) is 0 Å². The fourth-order valence-corrected chi connectivity index (χ4v) is 1.20. The summed E-state index contributed by atoms with van der Waals surface area (Å²) in [7, 11) is 0. The van der Waals surface area contributed by atoms with Gasteiger partial charge in [-0.25, -0.2) is 0 Å². The Bertz CT molecular complexity index is 183. The molecule has 82 valence electrons. The Morgan fingerprint density at radius 3 is 2.79 bits per heavy atom. The van der Waals surface area contributed by atoms with Crippen LogP contribution in [0, 0.1) is 0 Å². The van der Waals surface area contributed by atoms with Gasteiger partial charge in [0.25, 0.3) is 0 Å². The topological polar surface area (TPSA) is 66.6 Å². The Hall–Kier alpha value is -0.870. The molecular formula is C10H20N2O2. The highest BCUT2D eigenvalue weighted by Gasteiger charge is 2.17. The molecule has 4 nitrogen and oxygen atoms in total. The zero-order chi connectivity index (χ0) is 11.0. The van der Waals surface area contributed by atoms with Crippen LogP contribution < -0.4 is 5.73 Å². The third-order valence-electron chi connectivity index (χ3n) is 2.02. The Balaban J connectivity index is 4.07. The first-order chi connectivity index (χ1) is 6.67. The zero-order valence-electron chi connectivity index (χ0n) is 8.78. The highest BCUT2D eigenvalue weighted by Crippen LogP contribution is 1.99. The van der Waals surface area contributed by atoms with E-state index < -0.39 is 6.04 Å². The van der Waals surface area contributed by atoms with Crippen LogP contribution in [-0.4, -0.2) is 41.7 Å². The van der Waals surface area contributed by atoms with Gasteiger partial charge in [-0.2, -0.15) is 0 Å². The van der Waals surface area contributed by atoms with Crippen molar-refractivity contribution >= 4 is 5.91 Å². The van der Waals surface area contributed by atoms with Gasteiger partial charge in [0.1, 0.15) is 0 Å². The van der Waals surface area contributed by atoms with Gasteiger partial charge in [0.15, 0.2) is 0 Å². The van der Waals surface area contributed by atoms with Crippen molar-refractivity contribution in [1.82, 2.24) is 4.90 Å². The number of carbonyl (C=O) groups excluding carboxylic acids is 1. The first-order valence-electron chi connectivity index (χ1n) is 4.93. The van der Waals surface area contributed by atoms with Crippen LogP contribution in [0.5, 0.6) is 0 Å². The second-order valence-electron chi connectivity index (χ2n) is 3.13. The van der Waals surface area contributed by atoms with E-state index in [1.807, 2.05) is 6.92 Å². The summed E-state index contributed by atoms with van der Waals surface area (Å²) in [6, 6.07) is -0.494. The third-order valence-corrected chi connectivity index (χ3v) is 2.02. The minimum Gasteiger partial charge on any atom is -0.396 e. The SMILES string of the molecule is C=CCC(N)C(=O)N(CC)CCCO. The molecule has 0 aromatic carbocycles. The molecule has 0 spiro atoms. The number of aliphatic hydroxyl groups excluding tert-OH is 1. The Labute approximate surface area is 85.4 Å². The van der Waals surface area contributed by atoms with E-state index in [-0.39, 0.29) is 12.5 Å². The fourth-order valence-electron chi connectivity index (χ4n) is 1.20. The largest absolute Gasteiger partial charge is 0.396 e. The van der Waals surface area contributed by atoms with Crippen LogP contribution in [0.25, 0.3) is 0 Å². The Morgan fingerprint density at radius 2 is 2.36 bits per heavy atom. The maximum Gasteiger partial charge on any atom is 0.239 e. The number of nitrogens with zero attached hydrogens (tertiary/aromatic N) is 1. The molecule has 0 saturated heterocycles. The third kappa shape index (κ3) is 4.39. The molecule has 0 fully saturated rings. The van der Waals surface area contributed by atoms with Crippen LogP contribution in [-0.2, 0) is 4.79 Å². The maximum atomic E-state index is 11.6. The minimum absolute atomic E-state index is 0.0687. The second-order valence-corrected chi connectivity index (χ2v) is 3.13. The zero-order valence-corrected chi connectivity index (χ0v) is 8.78. The van der Waals surface area contributed by atoms with Gasteiger partial charge in [-0.1, -0.05) is 6.08 Å². The molecule has 1 unspecified atom stereocenters. The highest BCUT2D eigenvalue weighted by molar-refractivity contribution is 5.81. The lowest BCUT2D eigenvalue weighted by atomic mass is 10.2. The minimum atomic E-state index is -0.494. The lowest BCUT2D eigenvalue weighted by molar-refractivity contribution is -0.132. The summed E-state index contributed by atoms with van der Waals surface area (Å²) in [6.45, 7) is 6.73. The van der Waals surface area contributed by atoms with Crippen LogP contribution in [0.15, 0.2) is 12.7 Å². The van der Waals surface area contributed by atoms with E-state index in [4.69, 9.17) is 10.8 Å². The van der Waals surface area contributed by atoms with E-state index in [0.29, 0.717) is 25.9 Å². The molecule has 3 N–H and O–H groups in total. The molecular weight excluding hydrogens is 180 g/mol. The van der Waals surface area contributed by atoms with Crippen LogP contribution >= 0.6 is 0 Å². The van der Waals surface area contributed by atoms with E-state index in [2.05, 4.69) is 6.58 Å². The lowest BCUT2D eigenvalue weighted by Crippen LogP contribution is -2.44. The standard InChI is InChI=1S/C10H20N2O2/c1-3-6-9(11)10(14)12(4-2)7-5-8-13/h3,9,13H,1,4-8,11H2,2H3.